The molecule has 1 N–H and O–H groups in total. The van der Waals surface area contributed by atoms with Crippen LogP contribution < -0.4 is 14.8 Å². The molecule has 0 spiro atoms. The summed E-state index contributed by atoms with van der Waals surface area (Å²) in [5.41, 5.74) is 4.69. The van der Waals surface area contributed by atoms with Crippen LogP contribution in [-0.2, 0) is 19.7 Å². The highest BCUT2D eigenvalue weighted by Crippen LogP contribution is 2.37. The second kappa shape index (κ2) is 9.58. The van der Waals surface area contributed by atoms with E-state index >= 15 is 0 Å². The summed E-state index contributed by atoms with van der Waals surface area (Å²) in [4.78, 5) is 0. The molecule has 3 rings (SSSR count). The summed E-state index contributed by atoms with van der Waals surface area (Å²) in [6, 6.07) is 22.5. The Morgan fingerprint density at radius 2 is 1.63 bits per heavy atom. The molecule has 0 unspecified atom stereocenters. The van der Waals surface area contributed by atoms with Crippen molar-refractivity contribution in [3.05, 3.63) is 93.5 Å². The standard InChI is InChI=1S/C23H24BrNO2/c1-17-8-6-7-11-19(17)16-27-23-20(21(24)12-13-22(23)26-2)15-25-14-18-9-4-3-5-10-18/h3-13,25H,14-16H2,1-2H3. The number of methoxy groups -OCH3 is 1. The molecule has 27 heavy (non-hydrogen) atoms. The van der Waals surface area contributed by atoms with Gasteiger partial charge in [-0.1, -0.05) is 70.5 Å². The van der Waals surface area contributed by atoms with Gasteiger partial charge >= 0.3 is 0 Å². The smallest absolute Gasteiger partial charge is 0.167 e. The van der Waals surface area contributed by atoms with E-state index in [1.807, 2.05) is 30.3 Å². The third-order valence-corrected chi connectivity index (χ3v) is 5.24. The van der Waals surface area contributed by atoms with Crippen molar-refractivity contribution in [1.29, 1.82) is 0 Å². The summed E-state index contributed by atoms with van der Waals surface area (Å²) in [5, 5.41) is 3.49. The number of halogens is 1. The van der Waals surface area contributed by atoms with Gasteiger partial charge in [0.15, 0.2) is 11.5 Å². The van der Waals surface area contributed by atoms with Gasteiger partial charge in [0.25, 0.3) is 0 Å². The Hall–Kier alpha value is -2.30. The van der Waals surface area contributed by atoms with Gasteiger partial charge in [0.05, 0.1) is 7.11 Å². The minimum atomic E-state index is 0.505. The Morgan fingerprint density at radius 1 is 0.889 bits per heavy atom. The maximum atomic E-state index is 6.21. The first-order valence-electron chi connectivity index (χ1n) is 8.96. The maximum absolute atomic E-state index is 6.21. The van der Waals surface area contributed by atoms with Crippen LogP contribution in [0.3, 0.4) is 0 Å². The van der Waals surface area contributed by atoms with Crippen LogP contribution in [0.1, 0.15) is 22.3 Å². The Morgan fingerprint density at radius 3 is 2.37 bits per heavy atom. The molecule has 0 saturated heterocycles. The van der Waals surface area contributed by atoms with Crippen LogP contribution in [-0.4, -0.2) is 7.11 Å². The first kappa shape index (κ1) is 19.5. The van der Waals surface area contributed by atoms with Crippen LogP contribution in [0.5, 0.6) is 11.5 Å². The van der Waals surface area contributed by atoms with Gasteiger partial charge < -0.3 is 14.8 Å². The molecule has 4 heteroatoms. The van der Waals surface area contributed by atoms with Gasteiger partial charge in [-0.3, -0.25) is 0 Å². The van der Waals surface area contributed by atoms with Gasteiger partial charge in [-0.2, -0.15) is 0 Å². The molecule has 3 aromatic rings. The number of nitrogens with one attached hydrogen (secondary N) is 1. The second-order valence-electron chi connectivity index (χ2n) is 6.36. The highest BCUT2D eigenvalue weighted by molar-refractivity contribution is 9.10. The molecular weight excluding hydrogens is 402 g/mol. The second-order valence-corrected chi connectivity index (χ2v) is 7.22. The lowest BCUT2D eigenvalue weighted by atomic mass is 10.1. The van der Waals surface area contributed by atoms with Crippen LogP contribution in [0.15, 0.2) is 71.2 Å². The number of rotatable bonds is 8. The first-order valence-corrected chi connectivity index (χ1v) is 9.75. The van der Waals surface area contributed by atoms with E-state index in [0.29, 0.717) is 13.2 Å². The lowest BCUT2D eigenvalue weighted by Crippen LogP contribution is -2.14. The summed E-state index contributed by atoms with van der Waals surface area (Å²) in [6.45, 7) is 4.07. The number of benzene rings is 3. The molecule has 0 radical (unpaired) electrons. The molecule has 0 aliphatic carbocycles. The molecule has 0 fully saturated rings. The zero-order chi connectivity index (χ0) is 19.1. The van der Waals surface area contributed by atoms with Crippen LogP contribution >= 0.6 is 15.9 Å². The zero-order valence-corrected chi connectivity index (χ0v) is 17.3. The molecular formula is C23H24BrNO2. The molecule has 0 bridgehead atoms. The Kier molecular flexibility index (Phi) is 6.91. The third kappa shape index (κ3) is 5.12. The summed E-state index contributed by atoms with van der Waals surface area (Å²) < 4.78 is 12.8. The highest BCUT2D eigenvalue weighted by Gasteiger charge is 2.15. The lowest BCUT2D eigenvalue weighted by molar-refractivity contribution is 0.279. The fraction of sp³-hybridized carbons (Fsp3) is 0.217. The predicted molar refractivity (Wildman–Crippen MR) is 113 cm³/mol. The summed E-state index contributed by atoms with van der Waals surface area (Å²) >= 11 is 3.66. The van der Waals surface area contributed by atoms with Crippen molar-refractivity contribution >= 4 is 15.9 Å². The molecule has 0 amide bonds. The quantitative estimate of drug-likeness (QED) is 0.506. The molecule has 140 valence electrons. The van der Waals surface area contributed by atoms with Crippen LogP contribution in [0.25, 0.3) is 0 Å². The van der Waals surface area contributed by atoms with E-state index in [1.165, 1.54) is 16.7 Å². The number of hydrogen-bond donors (Lipinski definition) is 1. The Labute approximate surface area is 169 Å². The summed E-state index contributed by atoms with van der Waals surface area (Å²) in [6.07, 6.45) is 0. The summed E-state index contributed by atoms with van der Waals surface area (Å²) in [7, 11) is 1.67. The van der Waals surface area contributed by atoms with E-state index in [4.69, 9.17) is 9.47 Å². The zero-order valence-electron chi connectivity index (χ0n) is 15.7. The van der Waals surface area contributed by atoms with E-state index in [2.05, 4.69) is 64.6 Å². The minimum absolute atomic E-state index is 0.505. The van der Waals surface area contributed by atoms with Crippen molar-refractivity contribution < 1.29 is 9.47 Å². The largest absolute Gasteiger partial charge is 0.493 e. The van der Waals surface area contributed by atoms with Gasteiger partial charge in [0, 0.05) is 23.1 Å². The molecule has 0 aliphatic rings. The number of hydrogen-bond acceptors (Lipinski definition) is 3. The number of aryl methyl sites for hydroxylation is 1. The minimum Gasteiger partial charge on any atom is -0.493 e. The van der Waals surface area contributed by atoms with Gasteiger partial charge in [0.1, 0.15) is 6.61 Å². The van der Waals surface area contributed by atoms with Gasteiger partial charge in [-0.15, -0.1) is 0 Å². The van der Waals surface area contributed by atoms with Gasteiger partial charge in [0.2, 0.25) is 0 Å². The van der Waals surface area contributed by atoms with Crippen molar-refractivity contribution in [1.82, 2.24) is 5.32 Å². The van der Waals surface area contributed by atoms with E-state index in [0.717, 1.165) is 28.1 Å². The fourth-order valence-corrected chi connectivity index (χ4v) is 3.37. The van der Waals surface area contributed by atoms with Crippen LogP contribution in [0.2, 0.25) is 0 Å². The van der Waals surface area contributed by atoms with E-state index in [1.54, 1.807) is 7.11 Å². The van der Waals surface area contributed by atoms with Crippen LogP contribution in [0, 0.1) is 6.92 Å². The highest BCUT2D eigenvalue weighted by atomic mass is 79.9. The molecule has 0 aromatic heterocycles. The molecule has 3 aromatic carbocycles. The van der Waals surface area contributed by atoms with Crippen molar-refractivity contribution in [3.8, 4) is 11.5 Å². The third-order valence-electron chi connectivity index (χ3n) is 4.49. The molecule has 0 saturated carbocycles. The fourth-order valence-electron chi connectivity index (χ4n) is 2.92. The van der Waals surface area contributed by atoms with Crippen molar-refractivity contribution in [2.24, 2.45) is 0 Å². The van der Waals surface area contributed by atoms with Crippen molar-refractivity contribution in [2.75, 3.05) is 7.11 Å². The lowest BCUT2D eigenvalue weighted by Gasteiger charge is -2.18. The van der Waals surface area contributed by atoms with E-state index in [9.17, 15) is 0 Å². The topological polar surface area (TPSA) is 30.5 Å². The maximum Gasteiger partial charge on any atom is 0.167 e. The molecule has 0 heterocycles. The summed E-state index contributed by atoms with van der Waals surface area (Å²) in [5.74, 6) is 1.51. The van der Waals surface area contributed by atoms with Gasteiger partial charge in [-0.05, 0) is 35.7 Å². The van der Waals surface area contributed by atoms with Gasteiger partial charge in [-0.25, -0.2) is 0 Å². The van der Waals surface area contributed by atoms with Crippen LogP contribution in [0.4, 0.5) is 0 Å². The average Bonchev–Trinajstić information content (AvgIpc) is 2.70. The molecule has 0 aliphatic heterocycles. The van der Waals surface area contributed by atoms with E-state index in [-0.39, 0.29) is 0 Å². The Bertz CT molecular complexity index is 881. The Balaban J connectivity index is 1.76. The monoisotopic (exact) mass is 425 g/mol. The SMILES string of the molecule is COc1ccc(Br)c(CNCc2ccccc2)c1OCc1ccccc1C. The van der Waals surface area contributed by atoms with Crippen molar-refractivity contribution in [2.45, 2.75) is 26.6 Å². The first-order chi connectivity index (χ1) is 13.2. The predicted octanol–water partition coefficient (Wildman–Crippen LogP) is 5.63. The normalized spacial score (nSPS) is 10.6. The van der Waals surface area contributed by atoms with Crippen molar-refractivity contribution in [3.63, 3.8) is 0 Å². The molecule has 3 nitrogen and oxygen atoms in total. The number of ether oxygens (including phenoxy) is 2. The average molecular weight is 426 g/mol. The van der Waals surface area contributed by atoms with E-state index < -0.39 is 0 Å². The molecule has 0 atom stereocenters.